The lowest BCUT2D eigenvalue weighted by Crippen LogP contribution is -2.44. The Morgan fingerprint density at radius 2 is 1.68 bits per heavy atom. The number of hydrogen-bond acceptors (Lipinski definition) is 3. The normalized spacial score (nSPS) is 17.9. The number of fused-ring (bicyclic) bond motifs is 2. The summed E-state index contributed by atoms with van der Waals surface area (Å²) in [5, 5.41) is 9.35. The van der Waals surface area contributed by atoms with Crippen molar-refractivity contribution in [2.24, 2.45) is 4.99 Å². The molecule has 2 aromatic carbocycles. The lowest BCUT2D eigenvalue weighted by atomic mass is 9.81. The molecule has 0 N–H and O–H groups in total. The highest BCUT2D eigenvalue weighted by molar-refractivity contribution is 6.14. The Labute approximate surface area is 144 Å². The second-order valence-electron chi connectivity index (χ2n) is 6.93. The fraction of sp³-hybridized carbons (Fsp3) is 0.250. The van der Waals surface area contributed by atoms with E-state index >= 15 is 0 Å². The van der Waals surface area contributed by atoms with Crippen LogP contribution in [0.5, 0.6) is 0 Å². The summed E-state index contributed by atoms with van der Waals surface area (Å²) in [7, 11) is 0. The molecule has 0 aliphatic carbocycles. The molecule has 5 heteroatoms. The van der Waals surface area contributed by atoms with Gasteiger partial charge in [0.15, 0.2) is 0 Å². The smallest absolute Gasteiger partial charge is 0.270 e. The Hall–Kier alpha value is -2.69. The molecule has 126 valence electrons. The molecule has 25 heavy (non-hydrogen) atoms. The monoisotopic (exact) mass is 337 g/mol. The molecule has 0 saturated heterocycles. The zero-order valence-corrected chi connectivity index (χ0v) is 14.2. The third kappa shape index (κ3) is 2.34. The van der Waals surface area contributed by atoms with E-state index in [0.29, 0.717) is 17.0 Å². The minimum absolute atomic E-state index is 0.00235. The van der Waals surface area contributed by atoms with E-state index in [0.717, 1.165) is 16.5 Å². The first-order valence-corrected chi connectivity index (χ1v) is 8.12. The molecule has 2 heterocycles. The van der Waals surface area contributed by atoms with Crippen LogP contribution in [0, 0.1) is 6.92 Å². The molecule has 3 nitrogen and oxygen atoms in total. The highest BCUT2D eigenvalue weighted by atomic mass is 19.3. The molecule has 1 aliphatic rings. The molecular formula is C20H17F2N3. The number of halogens is 2. The molecule has 0 saturated carbocycles. The quantitative estimate of drug-likeness (QED) is 0.648. The molecule has 4 rings (SSSR count). The molecule has 0 spiro atoms. The van der Waals surface area contributed by atoms with Crippen LogP contribution in [0.2, 0.25) is 0 Å². The minimum atomic E-state index is -3.05. The Kier molecular flexibility index (Phi) is 3.26. The summed E-state index contributed by atoms with van der Waals surface area (Å²) in [4.78, 5) is 4.38. The van der Waals surface area contributed by atoms with E-state index in [1.807, 2.05) is 43.3 Å². The van der Waals surface area contributed by atoms with E-state index < -0.39 is 11.5 Å². The summed E-state index contributed by atoms with van der Waals surface area (Å²) in [6.07, 6.45) is 0. The first-order valence-electron chi connectivity index (χ1n) is 8.12. The van der Waals surface area contributed by atoms with Crippen molar-refractivity contribution in [1.82, 2.24) is 10.2 Å². The van der Waals surface area contributed by atoms with Gasteiger partial charge in [0.2, 0.25) is 0 Å². The van der Waals surface area contributed by atoms with E-state index in [1.54, 1.807) is 12.1 Å². The molecule has 1 aliphatic heterocycles. The zero-order chi connectivity index (χ0) is 17.8. The van der Waals surface area contributed by atoms with Crippen molar-refractivity contribution < 1.29 is 8.78 Å². The molecule has 0 bridgehead atoms. The van der Waals surface area contributed by atoms with Crippen molar-refractivity contribution in [3.8, 4) is 0 Å². The van der Waals surface area contributed by atoms with Gasteiger partial charge >= 0.3 is 0 Å². The van der Waals surface area contributed by atoms with Crippen LogP contribution >= 0.6 is 0 Å². The van der Waals surface area contributed by atoms with Gasteiger partial charge in [-0.25, -0.2) is 0 Å². The Morgan fingerprint density at radius 3 is 2.48 bits per heavy atom. The van der Waals surface area contributed by atoms with Crippen LogP contribution in [0.1, 0.15) is 36.2 Å². The van der Waals surface area contributed by atoms with Crippen molar-refractivity contribution in [2.45, 2.75) is 32.2 Å². The van der Waals surface area contributed by atoms with Crippen LogP contribution in [0.3, 0.4) is 0 Å². The van der Waals surface area contributed by atoms with Crippen molar-refractivity contribution in [1.29, 1.82) is 0 Å². The predicted molar refractivity (Wildman–Crippen MR) is 94.3 cm³/mol. The number of nitrogens with zero attached hydrogens (tertiary/aromatic N) is 3. The molecular weight excluding hydrogens is 320 g/mol. The van der Waals surface area contributed by atoms with E-state index in [4.69, 9.17) is 0 Å². The van der Waals surface area contributed by atoms with Crippen LogP contribution in [-0.2, 0) is 5.92 Å². The Balaban J connectivity index is 1.98. The topological polar surface area (TPSA) is 38.1 Å². The predicted octanol–water partition coefficient (Wildman–Crippen LogP) is 4.66. The van der Waals surface area contributed by atoms with Crippen LogP contribution in [0.25, 0.3) is 10.9 Å². The second kappa shape index (κ2) is 5.15. The number of hydrogen-bond donors (Lipinski definition) is 0. The molecule has 0 radical (unpaired) electrons. The maximum absolute atomic E-state index is 15.0. The van der Waals surface area contributed by atoms with Crippen molar-refractivity contribution in [3.63, 3.8) is 0 Å². The summed E-state index contributed by atoms with van der Waals surface area (Å²) in [5.74, 6) is -3.05. The van der Waals surface area contributed by atoms with E-state index in [2.05, 4.69) is 15.2 Å². The average molecular weight is 337 g/mol. The van der Waals surface area contributed by atoms with Gasteiger partial charge in [0.05, 0.1) is 11.2 Å². The van der Waals surface area contributed by atoms with Gasteiger partial charge in [-0.2, -0.15) is 8.78 Å². The van der Waals surface area contributed by atoms with Crippen LogP contribution in [0.15, 0.2) is 53.5 Å². The molecule has 0 amide bonds. The number of rotatable bonds is 1. The molecule has 0 unspecified atom stereocenters. The van der Waals surface area contributed by atoms with Gasteiger partial charge in [0.1, 0.15) is 11.2 Å². The SMILES string of the molecule is Cc1ccc2c(c1)C(F)(F)C(C)(C)N=C2c1cc2ccccc2nn1. The fourth-order valence-electron chi connectivity index (χ4n) is 3.16. The van der Waals surface area contributed by atoms with Crippen LogP contribution in [-0.4, -0.2) is 21.4 Å². The number of aryl methyl sites for hydroxylation is 1. The second-order valence-corrected chi connectivity index (χ2v) is 6.93. The standard InChI is InChI=1S/C20H17F2N3/c1-12-8-9-14-15(10-12)20(21,22)19(2,3)23-18(14)17-11-13-6-4-5-7-16(13)24-25-17/h4-11H,1-3H3. The lowest BCUT2D eigenvalue weighted by Gasteiger charge is -2.37. The number of aliphatic imine (C=N–C) groups is 1. The van der Waals surface area contributed by atoms with E-state index in [-0.39, 0.29) is 5.56 Å². The van der Waals surface area contributed by atoms with Crippen molar-refractivity contribution >= 4 is 16.6 Å². The zero-order valence-electron chi connectivity index (χ0n) is 14.2. The number of benzene rings is 2. The third-order valence-electron chi connectivity index (χ3n) is 4.67. The van der Waals surface area contributed by atoms with Gasteiger partial charge in [0, 0.05) is 16.5 Å². The van der Waals surface area contributed by atoms with Gasteiger partial charge < -0.3 is 0 Å². The Morgan fingerprint density at radius 1 is 0.920 bits per heavy atom. The van der Waals surface area contributed by atoms with Crippen molar-refractivity contribution in [2.75, 3.05) is 0 Å². The summed E-state index contributed by atoms with van der Waals surface area (Å²) in [5.41, 5.74) is 1.38. The summed E-state index contributed by atoms with van der Waals surface area (Å²) < 4.78 is 29.9. The van der Waals surface area contributed by atoms with Gasteiger partial charge in [-0.1, -0.05) is 35.9 Å². The fourth-order valence-corrected chi connectivity index (χ4v) is 3.16. The van der Waals surface area contributed by atoms with Gasteiger partial charge in [-0.05, 0) is 39.0 Å². The molecule has 0 fully saturated rings. The first-order chi connectivity index (χ1) is 11.8. The van der Waals surface area contributed by atoms with Crippen LogP contribution < -0.4 is 0 Å². The summed E-state index contributed by atoms with van der Waals surface area (Å²) >= 11 is 0. The van der Waals surface area contributed by atoms with Crippen molar-refractivity contribution in [3.05, 3.63) is 70.9 Å². The average Bonchev–Trinajstić information content (AvgIpc) is 2.58. The number of aromatic nitrogens is 2. The largest absolute Gasteiger partial charge is 0.297 e. The van der Waals surface area contributed by atoms with Gasteiger partial charge in [0.25, 0.3) is 5.92 Å². The first kappa shape index (κ1) is 15.8. The number of alkyl halides is 2. The van der Waals surface area contributed by atoms with E-state index in [1.165, 1.54) is 13.8 Å². The summed E-state index contributed by atoms with van der Waals surface area (Å²) in [6, 6.07) is 14.5. The highest BCUT2D eigenvalue weighted by Gasteiger charge is 2.52. The highest BCUT2D eigenvalue weighted by Crippen LogP contribution is 2.46. The molecule has 3 aromatic rings. The Bertz CT molecular complexity index is 1020. The lowest BCUT2D eigenvalue weighted by molar-refractivity contribution is -0.0682. The maximum atomic E-state index is 15.0. The van der Waals surface area contributed by atoms with Gasteiger partial charge in [-0.3, -0.25) is 4.99 Å². The maximum Gasteiger partial charge on any atom is 0.297 e. The summed E-state index contributed by atoms with van der Waals surface area (Å²) in [6.45, 7) is 4.71. The molecule has 1 aromatic heterocycles. The van der Waals surface area contributed by atoms with Crippen LogP contribution in [0.4, 0.5) is 8.78 Å². The molecule has 0 atom stereocenters. The third-order valence-corrected chi connectivity index (χ3v) is 4.67. The van der Waals surface area contributed by atoms with Gasteiger partial charge in [-0.15, -0.1) is 10.2 Å². The minimum Gasteiger partial charge on any atom is -0.270 e. The van der Waals surface area contributed by atoms with E-state index in [9.17, 15) is 8.78 Å².